The lowest BCUT2D eigenvalue weighted by atomic mass is 10.0. The number of benzene rings is 1. The highest BCUT2D eigenvalue weighted by atomic mass is 16.5. The number of nitrogens with two attached hydrogens (primary N) is 1. The van der Waals surface area contributed by atoms with E-state index in [1.165, 1.54) is 0 Å². The first kappa shape index (κ1) is 10.5. The van der Waals surface area contributed by atoms with E-state index in [2.05, 4.69) is 5.10 Å². The normalized spacial score (nSPS) is 10.4. The van der Waals surface area contributed by atoms with Gasteiger partial charge in [0.05, 0.1) is 13.3 Å². The van der Waals surface area contributed by atoms with Crippen LogP contribution in [0.3, 0.4) is 0 Å². The van der Waals surface area contributed by atoms with Crippen LogP contribution in [0.5, 0.6) is 5.75 Å². The maximum Gasteiger partial charge on any atom is 0.129 e. The topological polar surface area (TPSA) is 53.1 Å². The molecule has 1 aromatic carbocycles. The molecule has 0 aliphatic rings. The van der Waals surface area contributed by atoms with Crippen LogP contribution in [0, 0.1) is 6.92 Å². The summed E-state index contributed by atoms with van der Waals surface area (Å²) in [6.07, 6.45) is 1.78. The molecule has 2 aromatic rings. The predicted octanol–water partition coefficient (Wildman–Crippen LogP) is 1.99. The summed E-state index contributed by atoms with van der Waals surface area (Å²) < 4.78 is 6.83. The predicted molar refractivity (Wildman–Crippen MR) is 64.3 cm³/mol. The molecule has 16 heavy (non-hydrogen) atoms. The second-order valence-corrected chi connectivity index (χ2v) is 3.75. The highest BCUT2D eigenvalue weighted by molar-refractivity contribution is 5.76. The van der Waals surface area contributed by atoms with Crippen LogP contribution in [0.1, 0.15) is 5.56 Å². The van der Waals surface area contributed by atoms with E-state index < -0.39 is 0 Å². The van der Waals surface area contributed by atoms with Crippen molar-refractivity contribution < 1.29 is 4.74 Å². The van der Waals surface area contributed by atoms with E-state index in [0.717, 1.165) is 22.4 Å². The molecular formula is C12H15N3O. The van der Waals surface area contributed by atoms with Crippen LogP contribution >= 0.6 is 0 Å². The second-order valence-electron chi connectivity index (χ2n) is 3.75. The molecule has 0 bridgehead atoms. The molecule has 0 aliphatic carbocycles. The third-order valence-corrected chi connectivity index (χ3v) is 2.71. The minimum atomic E-state index is 0.674. The molecule has 0 amide bonds. The number of nitrogens with zero attached hydrogens (tertiary/aromatic N) is 2. The summed E-state index contributed by atoms with van der Waals surface area (Å²) in [5.41, 5.74) is 9.12. The molecule has 0 saturated carbocycles. The number of hydrogen-bond donors (Lipinski definition) is 1. The van der Waals surface area contributed by atoms with Crippen LogP contribution in [0.25, 0.3) is 11.1 Å². The van der Waals surface area contributed by atoms with E-state index in [1.807, 2.05) is 32.2 Å². The van der Waals surface area contributed by atoms with Gasteiger partial charge in [-0.3, -0.25) is 4.68 Å². The molecule has 2 N–H and O–H groups in total. The van der Waals surface area contributed by atoms with Crippen molar-refractivity contribution in [3.63, 3.8) is 0 Å². The van der Waals surface area contributed by atoms with Gasteiger partial charge in [-0.2, -0.15) is 5.10 Å². The molecule has 84 valence electrons. The van der Waals surface area contributed by atoms with E-state index in [-0.39, 0.29) is 0 Å². The van der Waals surface area contributed by atoms with Gasteiger partial charge in [-0.25, -0.2) is 0 Å². The molecule has 4 heteroatoms. The smallest absolute Gasteiger partial charge is 0.129 e. The summed E-state index contributed by atoms with van der Waals surface area (Å²) in [5.74, 6) is 1.52. The van der Waals surface area contributed by atoms with E-state index in [4.69, 9.17) is 10.5 Å². The highest BCUT2D eigenvalue weighted by Gasteiger charge is 2.10. The second kappa shape index (κ2) is 3.89. The average molecular weight is 217 g/mol. The molecule has 0 aliphatic heterocycles. The van der Waals surface area contributed by atoms with E-state index in [9.17, 15) is 0 Å². The van der Waals surface area contributed by atoms with E-state index >= 15 is 0 Å². The van der Waals surface area contributed by atoms with Crippen LogP contribution < -0.4 is 10.5 Å². The quantitative estimate of drug-likeness (QED) is 0.836. The molecule has 0 saturated heterocycles. The lowest BCUT2D eigenvalue weighted by molar-refractivity contribution is 0.414. The third-order valence-electron chi connectivity index (χ3n) is 2.71. The van der Waals surface area contributed by atoms with Gasteiger partial charge in [0.2, 0.25) is 0 Å². The van der Waals surface area contributed by atoms with Gasteiger partial charge in [0.25, 0.3) is 0 Å². The first-order chi connectivity index (χ1) is 7.63. The van der Waals surface area contributed by atoms with Crippen LogP contribution in [0.15, 0.2) is 24.4 Å². The van der Waals surface area contributed by atoms with Crippen molar-refractivity contribution in [1.82, 2.24) is 9.78 Å². The zero-order valence-corrected chi connectivity index (χ0v) is 9.69. The molecule has 1 aromatic heterocycles. The van der Waals surface area contributed by atoms with Crippen molar-refractivity contribution in [2.75, 3.05) is 12.8 Å². The Morgan fingerprint density at radius 2 is 2.06 bits per heavy atom. The monoisotopic (exact) mass is 217 g/mol. The molecule has 0 spiro atoms. The molecule has 0 atom stereocenters. The fraction of sp³-hybridized carbons (Fsp3) is 0.250. The number of nitrogen functional groups attached to an aromatic ring is 1. The van der Waals surface area contributed by atoms with Gasteiger partial charge in [-0.15, -0.1) is 0 Å². The van der Waals surface area contributed by atoms with Crippen molar-refractivity contribution in [3.8, 4) is 16.9 Å². The van der Waals surface area contributed by atoms with Crippen LogP contribution in [0.4, 0.5) is 5.82 Å². The lowest BCUT2D eigenvalue weighted by Gasteiger charge is -2.07. The molecule has 1 heterocycles. The largest absolute Gasteiger partial charge is 0.497 e. The number of anilines is 1. The Labute approximate surface area is 94.6 Å². The number of rotatable bonds is 2. The van der Waals surface area contributed by atoms with Crippen LogP contribution in [-0.2, 0) is 7.05 Å². The Kier molecular flexibility index (Phi) is 2.56. The molecule has 0 unspecified atom stereocenters. The van der Waals surface area contributed by atoms with E-state index in [0.29, 0.717) is 5.82 Å². The average Bonchev–Trinajstić information content (AvgIpc) is 2.60. The zero-order valence-electron chi connectivity index (χ0n) is 9.69. The molecular weight excluding hydrogens is 202 g/mol. The van der Waals surface area contributed by atoms with Gasteiger partial charge in [0.1, 0.15) is 11.6 Å². The summed E-state index contributed by atoms with van der Waals surface area (Å²) in [7, 11) is 3.49. The Hall–Kier alpha value is -1.97. The lowest BCUT2D eigenvalue weighted by Crippen LogP contribution is -1.98. The zero-order chi connectivity index (χ0) is 11.7. The summed E-state index contributed by atoms with van der Waals surface area (Å²) >= 11 is 0. The van der Waals surface area contributed by atoms with Crippen LogP contribution in [-0.4, -0.2) is 16.9 Å². The fourth-order valence-corrected chi connectivity index (χ4v) is 1.72. The standard InChI is InChI=1S/C12H15N3O/c1-8-6-9(16-3)4-5-10(8)11-7-14-15(2)12(11)13/h4-7H,13H2,1-3H3. The maximum atomic E-state index is 5.94. The molecule has 4 nitrogen and oxygen atoms in total. The van der Waals surface area contributed by atoms with Crippen molar-refractivity contribution in [1.29, 1.82) is 0 Å². The molecule has 0 radical (unpaired) electrons. The number of aromatic nitrogens is 2. The Morgan fingerprint density at radius 1 is 1.31 bits per heavy atom. The number of aryl methyl sites for hydroxylation is 2. The summed E-state index contributed by atoms with van der Waals surface area (Å²) in [4.78, 5) is 0. The summed E-state index contributed by atoms with van der Waals surface area (Å²) in [6, 6.07) is 5.91. The number of methoxy groups -OCH3 is 1. The van der Waals surface area contributed by atoms with Crippen molar-refractivity contribution in [3.05, 3.63) is 30.0 Å². The SMILES string of the molecule is COc1ccc(-c2cnn(C)c2N)c(C)c1. The third kappa shape index (κ3) is 1.62. The Bertz CT molecular complexity index is 517. The Morgan fingerprint density at radius 3 is 2.56 bits per heavy atom. The van der Waals surface area contributed by atoms with Gasteiger partial charge in [0, 0.05) is 12.6 Å². The fourth-order valence-electron chi connectivity index (χ4n) is 1.72. The molecule has 0 fully saturated rings. The van der Waals surface area contributed by atoms with E-state index in [1.54, 1.807) is 18.0 Å². The first-order valence-electron chi connectivity index (χ1n) is 5.06. The summed E-state index contributed by atoms with van der Waals surface area (Å²) in [6.45, 7) is 2.03. The van der Waals surface area contributed by atoms with Gasteiger partial charge >= 0.3 is 0 Å². The first-order valence-corrected chi connectivity index (χ1v) is 5.06. The van der Waals surface area contributed by atoms with Gasteiger partial charge in [0.15, 0.2) is 0 Å². The Balaban J connectivity index is 2.52. The summed E-state index contributed by atoms with van der Waals surface area (Å²) in [5, 5.41) is 4.14. The minimum absolute atomic E-state index is 0.674. The van der Waals surface area contributed by atoms with Crippen molar-refractivity contribution in [2.24, 2.45) is 7.05 Å². The van der Waals surface area contributed by atoms with Crippen LogP contribution in [0.2, 0.25) is 0 Å². The van der Waals surface area contributed by atoms with Gasteiger partial charge in [-0.1, -0.05) is 6.07 Å². The van der Waals surface area contributed by atoms with Gasteiger partial charge < -0.3 is 10.5 Å². The number of hydrogen-bond acceptors (Lipinski definition) is 3. The van der Waals surface area contributed by atoms with Crippen molar-refractivity contribution in [2.45, 2.75) is 6.92 Å². The van der Waals surface area contributed by atoms with Crippen molar-refractivity contribution >= 4 is 5.82 Å². The highest BCUT2D eigenvalue weighted by Crippen LogP contribution is 2.30. The number of ether oxygens (including phenoxy) is 1. The maximum absolute atomic E-state index is 5.94. The molecule has 2 rings (SSSR count). The van der Waals surface area contributed by atoms with Gasteiger partial charge in [-0.05, 0) is 30.2 Å². The minimum Gasteiger partial charge on any atom is -0.497 e.